The Kier molecular flexibility index (Phi) is 7.12. The number of thioether (sulfide) groups is 1. The standard InChI is InChI=1S/C28H23ClN4OS/c29-24-9-5-4-8-23(24)19-35-28-32-25-14-15-30-17-26(25)33(28)18-21-10-12-22(13-11-21)27(34)31-16-20-6-2-1-3-7-20/h1-15,17H,16,18-19H2,(H,31,34). The van der Waals surface area contributed by atoms with E-state index in [0.717, 1.165) is 43.7 Å². The Labute approximate surface area is 213 Å². The Morgan fingerprint density at radius 3 is 2.49 bits per heavy atom. The van der Waals surface area contributed by atoms with Gasteiger partial charge in [-0.15, -0.1) is 0 Å². The number of carbonyl (C=O) groups is 1. The zero-order valence-electron chi connectivity index (χ0n) is 18.9. The number of imidazole rings is 1. The third-order valence-corrected chi connectivity index (χ3v) is 7.08. The molecule has 0 fully saturated rings. The number of rotatable bonds is 8. The molecule has 7 heteroatoms. The van der Waals surface area contributed by atoms with E-state index in [-0.39, 0.29) is 5.91 Å². The minimum atomic E-state index is -0.0892. The van der Waals surface area contributed by atoms with E-state index in [1.807, 2.05) is 91.1 Å². The number of carbonyl (C=O) groups excluding carboxylic acids is 1. The first-order valence-electron chi connectivity index (χ1n) is 11.2. The second-order valence-electron chi connectivity index (χ2n) is 8.09. The molecule has 5 nitrogen and oxygen atoms in total. The van der Waals surface area contributed by atoms with Crippen molar-refractivity contribution in [2.75, 3.05) is 0 Å². The summed E-state index contributed by atoms with van der Waals surface area (Å²) in [6, 6.07) is 27.4. The molecule has 0 saturated carbocycles. The Morgan fingerprint density at radius 1 is 0.914 bits per heavy atom. The molecule has 5 rings (SSSR count). The van der Waals surface area contributed by atoms with Crippen molar-refractivity contribution in [2.24, 2.45) is 0 Å². The number of pyridine rings is 1. The van der Waals surface area contributed by atoms with E-state index >= 15 is 0 Å². The fourth-order valence-electron chi connectivity index (χ4n) is 3.79. The van der Waals surface area contributed by atoms with Crippen LogP contribution in [0, 0.1) is 0 Å². The monoisotopic (exact) mass is 498 g/mol. The van der Waals surface area contributed by atoms with Crippen LogP contribution in [-0.4, -0.2) is 20.4 Å². The van der Waals surface area contributed by atoms with Crippen LogP contribution in [0.3, 0.4) is 0 Å². The molecule has 2 aromatic heterocycles. The van der Waals surface area contributed by atoms with Crippen molar-refractivity contribution >= 4 is 40.3 Å². The lowest BCUT2D eigenvalue weighted by Gasteiger charge is -2.11. The summed E-state index contributed by atoms with van der Waals surface area (Å²) in [5, 5.41) is 4.63. The summed E-state index contributed by atoms with van der Waals surface area (Å²) in [5.41, 5.74) is 5.72. The Bertz CT molecular complexity index is 1450. The fraction of sp³-hybridized carbons (Fsp3) is 0.107. The largest absolute Gasteiger partial charge is 0.348 e. The number of benzene rings is 3. The minimum Gasteiger partial charge on any atom is -0.348 e. The maximum absolute atomic E-state index is 12.6. The highest BCUT2D eigenvalue weighted by molar-refractivity contribution is 7.98. The number of hydrogen-bond donors (Lipinski definition) is 1. The van der Waals surface area contributed by atoms with Crippen molar-refractivity contribution in [1.82, 2.24) is 19.9 Å². The molecule has 174 valence electrons. The molecule has 0 bridgehead atoms. The highest BCUT2D eigenvalue weighted by Crippen LogP contribution is 2.29. The average Bonchev–Trinajstić information content (AvgIpc) is 3.25. The van der Waals surface area contributed by atoms with Crippen LogP contribution in [0.4, 0.5) is 0 Å². The number of fused-ring (bicyclic) bond motifs is 1. The van der Waals surface area contributed by atoms with Crippen LogP contribution in [0.2, 0.25) is 5.02 Å². The second-order valence-corrected chi connectivity index (χ2v) is 9.44. The third-order valence-electron chi connectivity index (χ3n) is 5.68. The van der Waals surface area contributed by atoms with E-state index in [4.69, 9.17) is 16.6 Å². The molecule has 0 aliphatic rings. The highest BCUT2D eigenvalue weighted by atomic mass is 35.5. The van der Waals surface area contributed by atoms with Gasteiger partial charge < -0.3 is 9.88 Å². The summed E-state index contributed by atoms with van der Waals surface area (Å²) in [7, 11) is 0. The lowest BCUT2D eigenvalue weighted by Crippen LogP contribution is -2.22. The minimum absolute atomic E-state index is 0.0892. The summed E-state index contributed by atoms with van der Waals surface area (Å²) in [5.74, 6) is 0.630. The molecule has 0 aliphatic heterocycles. The van der Waals surface area contributed by atoms with Crippen LogP contribution >= 0.6 is 23.4 Å². The van der Waals surface area contributed by atoms with Crippen LogP contribution in [0.1, 0.15) is 27.0 Å². The van der Waals surface area contributed by atoms with Crippen molar-refractivity contribution < 1.29 is 4.79 Å². The lowest BCUT2D eigenvalue weighted by molar-refractivity contribution is 0.0951. The van der Waals surface area contributed by atoms with Crippen LogP contribution in [-0.2, 0) is 18.8 Å². The van der Waals surface area contributed by atoms with E-state index in [0.29, 0.717) is 18.7 Å². The Morgan fingerprint density at radius 2 is 1.69 bits per heavy atom. The van der Waals surface area contributed by atoms with Gasteiger partial charge in [-0.2, -0.15) is 0 Å². The van der Waals surface area contributed by atoms with E-state index in [2.05, 4.69) is 14.9 Å². The van der Waals surface area contributed by atoms with Gasteiger partial charge in [0.15, 0.2) is 5.16 Å². The normalized spacial score (nSPS) is 11.0. The molecular weight excluding hydrogens is 476 g/mol. The zero-order chi connectivity index (χ0) is 24.0. The van der Waals surface area contributed by atoms with Crippen molar-refractivity contribution in [3.63, 3.8) is 0 Å². The first-order chi connectivity index (χ1) is 17.2. The van der Waals surface area contributed by atoms with Gasteiger partial charge in [0.1, 0.15) is 0 Å². The van der Waals surface area contributed by atoms with Gasteiger partial charge in [-0.3, -0.25) is 9.78 Å². The molecule has 5 aromatic rings. The summed E-state index contributed by atoms with van der Waals surface area (Å²) < 4.78 is 2.16. The van der Waals surface area contributed by atoms with Crippen LogP contribution < -0.4 is 5.32 Å². The maximum Gasteiger partial charge on any atom is 0.251 e. The SMILES string of the molecule is O=C(NCc1ccccc1)c1ccc(Cn2c(SCc3ccccc3Cl)nc3ccncc32)cc1. The van der Waals surface area contributed by atoms with Crippen LogP contribution in [0.25, 0.3) is 11.0 Å². The summed E-state index contributed by atoms with van der Waals surface area (Å²) in [6.07, 6.45) is 3.60. The third kappa shape index (κ3) is 5.56. The van der Waals surface area contributed by atoms with Crippen LogP contribution in [0.5, 0.6) is 0 Å². The van der Waals surface area contributed by atoms with Crippen molar-refractivity contribution in [2.45, 2.75) is 24.0 Å². The molecule has 0 spiro atoms. The molecule has 0 unspecified atom stereocenters. The number of amides is 1. The van der Waals surface area contributed by atoms with Gasteiger partial charge in [0, 0.05) is 29.1 Å². The highest BCUT2D eigenvalue weighted by Gasteiger charge is 2.13. The van der Waals surface area contributed by atoms with E-state index < -0.39 is 0 Å². The lowest BCUT2D eigenvalue weighted by atomic mass is 10.1. The Hall–Kier alpha value is -3.61. The van der Waals surface area contributed by atoms with Gasteiger partial charge >= 0.3 is 0 Å². The van der Waals surface area contributed by atoms with E-state index in [1.165, 1.54) is 0 Å². The van der Waals surface area contributed by atoms with Crippen molar-refractivity contribution in [3.8, 4) is 0 Å². The van der Waals surface area contributed by atoms with Gasteiger partial charge in [0.2, 0.25) is 0 Å². The van der Waals surface area contributed by atoms with Gasteiger partial charge in [-0.25, -0.2) is 4.98 Å². The first-order valence-corrected chi connectivity index (χ1v) is 12.6. The first kappa shape index (κ1) is 23.1. The second kappa shape index (κ2) is 10.8. The molecule has 2 heterocycles. The van der Waals surface area contributed by atoms with Gasteiger partial charge in [0.05, 0.1) is 23.8 Å². The maximum atomic E-state index is 12.6. The molecule has 0 atom stereocenters. The summed E-state index contributed by atoms with van der Waals surface area (Å²) in [6.45, 7) is 1.13. The molecule has 1 N–H and O–H groups in total. The van der Waals surface area contributed by atoms with Gasteiger partial charge in [-0.05, 0) is 41.0 Å². The predicted octanol–water partition coefficient (Wildman–Crippen LogP) is 6.36. The van der Waals surface area contributed by atoms with E-state index in [1.54, 1.807) is 18.0 Å². The molecule has 0 saturated heterocycles. The molecular formula is C28H23ClN4OS. The zero-order valence-corrected chi connectivity index (χ0v) is 20.5. The van der Waals surface area contributed by atoms with E-state index in [9.17, 15) is 4.79 Å². The average molecular weight is 499 g/mol. The van der Waals surface area contributed by atoms with Crippen LogP contribution in [0.15, 0.2) is 102 Å². The topological polar surface area (TPSA) is 59.8 Å². The number of nitrogens with one attached hydrogen (secondary N) is 1. The number of halogens is 1. The predicted molar refractivity (Wildman–Crippen MR) is 142 cm³/mol. The summed E-state index contributed by atoms with van der Waals surface area (Å²) in [4.78, 5) is 21.7. The molecule has 1 amide bonds. The van der Waals surface area contributed by atoms with Crippen molar-refractivity contribution in [3.05, 3.63) is 125 Å². The quantitative estimate of drug-likeness (QED) is 0.253. The number of nitrogens with zero attached hydrogens (tertiary/aromatic N) is 3. The molecule has 3 aromatic carbocycles. The number of aromatic nitrogens is 3. The number of hydrogen-bond acceptors (Lipinski definition) is 4. The van der Waals surface area contributed by atoms with Crippen molar-refractivity contribution in [1.29, 1.82) is 0 Å². The van der Waals surface area contributed by atoms with Gasteiger partial charge in [0.25, 0.3) is 5.91 Å². The van der Waals surface area contributed by atoms with Gasteiger partial charge in [-0.1, -0.05) is 84.0 Å². The fourth-order valence-corrected chi connectivity index (χ4v) is 5.09. The molecule has 0 aliphatic carbocycles. The Balaban J connectivity index is 1.32. The molecule has 35 heavy (non-hydrogen) atoms. The molecule has 0 radical (unpaired) electrons. The summed E-state index contributed by atoms with van der Waals surface area (Å²) >= 11 is 8.00. The smallest absolute Gasteiger partial charge is 0.251 e.